The molecule has 0 aliphatic carbocycles. The van der Waals surface area contributed by atoms with Gasteiger partial charge in [0.05, 0.1) is 35.6 Å². The van der Waals surface area contributed by atoms with Crippen LogP contribution < -0.4 is 5.73 Å². The number of nitrogens with zero attached hydrogens (tertiary/aromatic N) is 2. The van der Waals surface area contributed by atoms with Gasteiger partial charge >= 0.3 is 0 Å². The van der Waals surface area contributed by atoms with Crippen LogP contribution in [0.2, 0.25) is 0 Å². The summed E-state index contributed by atoms with van der Waals surface area (Å²) in [5.41, 5.74) is 9.59. The van der Waals surface area contributed by atoms with Crippen LogP contribution in [0.25, 0.3) is 0 Å². The van der Waals surface area contributed by atoms with Crippen LogP contribution >= 0.6 is 31.9 Å². The maximum absolute atomic E-state index is 6.40. The van der Waals surface area contributed by atoms with Gasteiger partial charge in [-0.2, -0.15) is 5.10 Å². The second-order valence-electron chi connectivity index (χ2n) is 4.58. The number of aryl methyl sites for hydroxylation is 1. The lowest BCUT2D eigenvalue weighted by Crippen LogP contribution is -2.19. The first-order valence-corrected chi connectivity index (χ1v) is 7.85. The Morgan fingerprint density at radius 2 is 2.10 bits per heavy atom. The van der Waals surface area contributed by atoms with Crippen LogP contribution in [0, 0.1) is 6.92 Å². The predicted molar refractivity (Wildman–Crippen MR) is 86.7 cm³/mol. The lowest BCUT2D eigenvalue weighted by Gasteiger charge is -2.16. The summed E-state index contributed by atoms with van der Waals surface area (Å²) in [4.78, 5) is 0. The normalized spacial score (nSPS) is 12.7. The number of methoxy groups -OCH3 is 1. The fourth-order valence-electron chi connectivity index (χ4n) is 2.00. The topological polar surface area (TPSA) is 53.1 Å². The van der Waals surface area contributed by atoms with Crippen LogP contribution in [0.3, 0.4) is 0 Å². The molecule has 4 nitrogen and oxygen atoms in total. The molecule has 2 aromatic rings. The Balaban J connectivity index is 2.34. The van der Waals surface area contributed by atoms with Crippen LogP contribution in [0.5, 0.6) is 0 Å². The molecule has 0 bridgehead atoms. The summed E-state index contributed by atoms with van der Waals surface area (Å²) < 4.78 is 8.96. The molecule has 2 N–H and O–H groups in total. The third-order valence-corrected chi connectivity index (χ3v) is 4.66. The highest BCUT2D eigenvalue weighted by Crippen LogP contribution is 2.29. The first kappa shape index (κ1) is 15.7. The molecule has 1 heterocycles. The number of halogens is 2. The molecule has 1 atom stereocenters. The molecule has 0 saturated carbocycles. The largest absolute Gasteiger partial charge is 0.383 e. The Morgan fingerprint density at radius 1 is 1.35 bits per heavy atom. The predicted octanol–water partition coefficient (Wildman–Crippen LogP) is 3.41. The third-order valence-electron chi connectivity index (χ3n) is 3.19. The van der Waals surface area contributed by atoms with Crippen molar-refractivity contribution in [1.82, 2.24) is 9.78 Å². The monoisotopic (exact) mass is 401 g/mol. The fourth-order valence-corrected chi connectivity index (χ4v) is 2.94. The molecule has 0 saturated heterocycles. The average Bonchev–Trinajstić information content (AvgIpc) is 2.80. The van der Waals surface area contributed by atoms with Crippen LogP contribution in [0.15, 0.2) is 33.3 Å². The Labute approximate surface area is 135 Å². The van der Waals surface area contributed by atoms with Crippen molar-refractivity contribution in [2.45, 2.75) is 19.5 Å². The van der Waals surface area contributed by atoms with Crippen LogP contribution in [0.4, 0.5) is 0 Å². The number of rotatable bonds is 5. The highest BCUT2D eigenvalue weighted by Gasteiger charge is 2.18. The lowest BCUT2D eigenvalue weighted by atomic mass is 10.0. The first-order valence-electron chi connectivity index (χ1n) is 6.26. The minimum atomic E-state index is -0.236. The molecule has 0 aliphatic heterocycles. The van der Waals surface area contributed by atoms with Gasteiger partial charge in [-0.05, 0) is 40.0 Å². The minimum Gasteiger partial charge on any atom is -0.383 e. The van der Waals surface area contributed by atoms with Gasteiger partial charge in [-0.25, -0.2) is 0 Å². The molecule has 0 spiro atoms. The molecule has 108 valence electrons. The summed E-state index contributed by atoms with van der Waals surface area (Å²) in [5, 5.41) is 4.34. The molecule has 1 aromatic carbocycles. The summed E-state index contributed by atoms with van der Waals surface area (Å²) in [6.07, 6.45) is 1.77. The molecule has 1 unspecified atom stereocenters. The van der Waals surface area contributed by atoms with E-state index < -0.39 is 0 Å². The van der Waals surface area contributed by atoms with Crippen molar-refractivity contribution < 1.29 is 4.74 Å². The van der Waals surface area contributed by atoms with E-state index in [1.807, 2.05) is 10.7 Å². The summed E-state index contributed by atoms with van der Waals surface area (Å²) >= 11 is 7.07. The molecule has 2 rings (SSSR count). The zero-order valence-corrected chi connectivity index (χ0v) is 14.6. The zero-order valence-electron chi connectivity index (χ0n) is 11.4. The van der Waals surface area contributed by atoms with Crippen molar-refractivity contribution in [2.24, 2.45) is 5.73 Å². The number of nitrogens with two attached hydrogens (primary N) is 1. The number of hydrogen-bond donors (Lipinski definition) is 1. The maximum atomic E-state index is 6.40. The van der Waals surface area contributed by atoms with Crippen LogP contribution in [-0.4, -0.2) is 23.5 Å². The smallest absolute Gasteiger partial charge is 0.0739 e. The molecule has 0 aliphatic rings. The standard InChI is InChI=1S/C14H17Br2N3O/c1-9-3-4-10(7-11(9)15)13(17)14-12(16)8-18-19(14)5-6-20-2/h3-4,7-8,13H,5-6,17H2,1-2H3. The van der Waals surface area contributed by atoms with Crippen molar-refractivity contribution in [2.75, 3.05) is 13.7 Å². The molecular weight excluding hydrogens is 386 g/mol. The van der Waals surface area contributed by atoms with Gasteiger partial charge in [0.25, 0.3) is 0 Å². The first-order chi connectivity index (χ1) is 9.54. The number of hydrogen-bond acceptors (Lipinski definition) is 3. The van der Waals surface area contributed by atoms with Crippen molar-refractivity contribution in [3.05, 3.63) is 50.2 Å². The van der Waals surface area contributed by atoms with Crippen molar-refractivity contribution in [1.29, 1.82) is 0 Å². The third kappa shape index (κ3) is 3.31. The van der Waals surface area contributed by atoms with E-state index in [0.717, 1.165) is 20.2 Å². The SMILES string of the molecule is COCCn1ncc(Br)c1C(N)c1ccc(C)c(Br)c1. The van der Waals surface area contributed by atoms with E-state index in [4.69, 9.17) is 10.5 Å². The summed E-state index contributed by atoms with van der Waals surface area (Å²) in [6, 6.07) is 5.93. The van der Waals surface area contributed by atoms with Gasteiger partial charge in [-0.3, -0.25) is 4.68 Å². The van der Waals surface area contributed by atoms with E-state index in [9.17, 15) is 0 Å². The summed E-state index contributed by atoms with van der Waals surface area (Å²) in [5.74, 6) is 0. The fraction of sp³-hybridized carbons (Fsp3) is 0.357. The van der Waals surface area contributed by atoms with Gasteiger partial charge in [0.15, 0.2) is 0 Å². The van der Waals surface area contributed by atoms with E-state index in [-0.39, 0.29) is 6.04 Å². The Bertz CT molecular complexity index is 598. The molecule has 6 heteroatoms. The van der Waals surface area contributed by atoms with E-state index in [2.05, 4.69) is 56.0 Å². The van der Waals surface area contributed by atoms with Crippen molar-refractivity contribution >= 4 is 31.9 Å². The van der Waals surface area contributed by atoms with Gasteiger partial charge < -0.3 is 10.5 Å². The lowest BCUT2D eigenvalue weighted by molar-refractivity contribution is 0.182. The second-order valence-corrected chi connectivity index (χ2v) is 6.29. The summed E-state index contributed by atoms with van der Waals surface area (Å²) in [6.45, 7) is 3.34. The number of ether oxygens (including phenoxy) is 1. The quantitative estimate of drug-likeness (QED) is 0.833. The van der Waals surface area contributed by atoms with Crippen LogP contribution in [-0.2, 0) is 11.3 Å². The van der Waals surface area contributed by atoms with Gasteiger partial charge in [0.2, 0.25) is 0 Å². The van der Waals surface area contributed by atoms with E-state index in [1.165, 1.54) is 5.56 Å². The molecule has 0 radical (unpaired) electrons. The Hall–Kier alpha value is -0.690. The number of benzene rings is 1. The molecule has 1 aromatic heterocycles. The van der Waals surface area contributed by atoms with Crippen molar-refractivity contribution in [3.8, 4) is 0 Å². The van der Waals surface area contributed by atoms with Crippen LogP contribution in [0.1, 0.15) is 22.9 Å². The molecule has 0 amide bonds. The van der Waals surface area contributed by atoms with Crippen molar-refractivity contribution in [3.63, 3.8) is 0 Å². The highest BCUT2D eigenvalue weighted by atomic mass is 79.9. The van der Waals surface area contributed by atoms with Gasteiger partial charge in [-0.15, -0.1) is 0 Å². The number of aromatic nitrogens is 2. The molecule has 20 heavy (non-hydrogen) atoms. The van der Waals surface area contributed by atoms with E-state index in [1.54, 1.807) is 13.3 Å². The maximum Gasteiger partial charge on any atom is 0.0739 e. The second kappa shape index (κ2) is 6.85. The van der Waals surface area contributed by atoms with E-state index in [0.29, 0.717) is 13.2 Å². The zero-order chi connectivity index (χ0) is 14.7. The Morgan fingerprint density at radius 3 is 2.75 bits per heavy atom. The van der Waals surface area contributed by atoms with Gasteiger partial charge in [0.1, 0.15) is 0 Å². The molecular formula is C14H17Br2N3O. The summed E-state index contributed by atoms with van der Waals surface area (Å²) in [7, 11) is 1.68. The highest BCUT2D eigenvalue weighted by molar-refractivity contribution is 9.10. The average molecular weight is 403 g/mol. The minimum absolute atomic E-state index is 0.236. The van der Waals surface area contributed by atoms with E-state index >= 15 is 0 Å². The molecule has 0 fully saturated rings. The van der Waals surface area contributed by atoms with Gasteiger partial charge in [0, 0.05) is 11.6 Å². The van der Waals surface area contributed by atoms with Gasteiger partial charge in [-0.1, -0.05) is 28.1 Å². The Kier molecular flexibility index (Phi) is 5.37.